The van der Waals surface area contributed by atoms with Crippen molar-refractivity contribution in [3.8, 4) is 0 Å². The van der Waals surface area contributed by atoms with Crippen LogP contribution in [-0.4, -0.2) is 43.4 Å². The van der Waals surface area contributed by atoms with E-state index in [0.29, 0.717) is 24.0 Å². The highest BCUT2D eigenvalue weighted by Crippen LogP contribution is 2.15. The van der Waals surface area contributed by atoms with Gasteiger partial charge in [0.25, 0.3) is 0 Å². The smallest absolute Gasteiger partial charge is 0.249 e. The highest BCUT2D eigenvalue weighted by Gasteiger charge is 2.25. The molecule has 0 atom stereocenters. The van der Waals surface area contributed by atoms with Crippen LogP contribution >= 0.6 is 11.6 Å². The van der Waals surface area contributed by atoms with Crippen molar-refractivity contribution in [3.05, 3.63) is 34.9 Å². The van der Waals surface area contributed by atoms with Crippen LogP contribution in [0, 0.1) is 0 Å². The molecule has 4 nitrogen and oxygen atoms in total. The summed E-state index contributed by atoms with van der Waals surface area (Å²) in [7, 11) is 1.61. The highest BCUT2D eigenvalue weighted by molar-refractivity contribution is 6.30. The lowest BCUT2D eigenvalue weighted by molar-refractivity contribution is -0.125. The fourth-order valence-corrected chi connectivity index (χ4v) is 1.82. The number of hydrogen-bond acceptors (Lipinski definition) is 3. The Bertz CT molecular complexity index is 442. The molecule has 0 saturated carbocycles. The van der Waals surface area contributed by atoms with Crippen LogP contribution in [0.2, 0.25) is 5.02 Å². The molecule has 0 N–H and O–H groups in total. The number of rotatable bonds is 4. The third-order valence-electron chi connectivity index (χ3n) is 2.54. The molecule has 1 aliphatic heterocycles. The number of methoxy groups -OCH3 is 1. The van der Waals surface area contributed by atoms with Gasteiger partial charge in [-0.05, 0) is 24.3 Å². The van der Waals surface area contributed by atoms with Crippen LogP contribution in [0.25, 0.3) is 0 Å². The van der Waals surface area contributed by atoms with E-state index in [1.54, 1.807) is 24.1 Å². The molecule has 0 fully saturated rings. The SMILES string of the molecule is COCCN1C(=O)CN=C1c1ccc(Cl)cc1. The second-order valence-corrected chi connectivity index (χ2v) is 4.12. The molecule has 1 aliphatic rings. The Labute approximate surface area is 105 Å². The molecule has 2 rings (SSSR count). The Morgan fingerprint density at radius 2 is 2.12 bits per heavy atom. The van der Waals surface area contributed by atoms with Gasteiger partial charge in [-0.15, -0.1) is 0 Å². The predicted octanol–water partition coefficient (Wildman–Crippen LogP) is 1.58. The van der Waals surface area contributed by atoms with Crippen LogP contribution in [0.3, 0.4) is 0 Å². The van der Waals surface area contributed by atoms with Gasteiger partial charge in [-0.2, -0.15) is 0 Å². The minimum Gasteiger partial charge on any atom is -0.383 e. The van der Waals surface area contributed by atoms with Gasteiger partial charge >= 0.3 is 0 Å². The normalized spacial score (nSPS) is 15.3. The maximum absolute atomic E-state index is 11.7. The van der Waals surface area contributed by atoms with E-state index in [9.17, 15) is 4.79 Å². The molecule has 0 aromatic heterocycles. The van der Waals surface area contributed by atoms with Crippen molar-refractivity contribution in [2.45, 2.75) is 0 Å². The summed E-state index contributed by atoms with van der Waals surface area (Å²) >= 11 is 5.83. The summed E-state index contributed by atoms with van der Waals surface area (Å²) < 4.78 is 4.99. The minimum absolute atomic E-state index is 0.00648. The number of hydrogen-bond donors (Lipinski definition) is 0. The Morgan fingerprint density at radius 1 is 1.41 bits per heavy atom. The topological polar surface area (TPSA) is 41.9 Å². The Hall–Kier alpha value is -1.39. The zero-order chi connectivity index (χ0) is 12.3. The van der Waals surface area contributed by atoms with Gasteiger partial charge in [0.15, 0.2) is 0 Å². The lowest BCUT2D eigenvalue weighted by atomic mass is 10.2. The molecule has 0 unspecified atom stereocenters. The molecule has 1 aromatic rings. The highest BCUT2D eigenvalue weighted by atomic mass is 35.5. The molecule has 5 heteroatoms. The third kappa shape index (κ3) is 2.65. The molecule has 0 spiro atoms. The molecule has 17 heavy (non-hydrogen) atoms. The zero-order valence-electron chi connectivity index (χ0n) is 9.52. The van der Waals surface area contributed by atoms with Gasteiger partial charge in [0.2, 0.25) is 5.91 Å². The van der Waals surface area contributed by atoms with Crippen molar-refractivity contribution in [1.29, 1.82) is 0 Å². The van der Waals surface area contributed by atoms with E-state index in [4.69, 9.17) is 16.3 Å². The molecule has 0 saturated heterocycles. The number of halogens is 1. The molecule has 0 radical (unpaired) electrons. The number of amides is 1. The number of nitrogens with zero attached hydrogens (tertiary/aromatic N) is 2. The largest absolute Gasteiger partial charge is 0.383 e. The van der Waals surface area contributed by atoms with Crippen LogP contribution in [0.4, 0.5) is 0 Å². The molecule has 1 heterocycles. The molecule has 1 amide bonds. The Morgan fingerprint density at radius 3 is 2.76 bits per heavy atom. The summed E-state index contributed by atoms with van der Waals surface area (Å²) in [6.45, 7) is 1.23. The Balaban J connectivity index is 2.19. The molecule has 1 aromatic carbocycles. The van der Waals surface area contributed by atoms with Gasteiger partial charge < -0.3 is 4.74 Å². The van der Waals surface area contributed by atoms with Gasteiger partial charge in [0, 0.05) is 17.7 Å². The van der Waals surface area contributed by atoms with Crippen molar-refractivity contribution in [2.75, 3.05) is 26.8 Å². The predicted molar refractivity (Wildman–Crippen MR) is 66.4 cm³/mol. The fourth-order valence-electron chi connectivity index (χ4n) is 1.69. The first-order valence-electron chi connectivity index (χ1n) is 5.32. The number of aliphatic imine (C=N–C) groups is 1. The van der Waals surface area contributed by atoms with Crippen LogP contribution in [0.1, 0.15) is 5.56 Å². The van der Waals surface area contributed by atoms with Crippen molar-refractivity contribution >= 4 is 23.3 Å². The van der Waals surface area contributed by atoms with E-state index >= 15 is 0 Å². The van der Waals surface area contributed by atoms with Gasteiger partial charge in [-0.3, -0.25) is 14.7 Å². The van der Waals surface area contributed by atoms with Gasteiger partial charge in [0.1, 0.15) is 12.4 Å². The van der Waals surface area contributed by atoms with E-state index in [1.807, 2.05) is 12.1 Å². The van der Waals surface area contributed by atoms with Crippen LogP contribution < -0.4 is 0 Å². The van der Waals surface area contributed by atoms with Crippen molar-refractivity contribution in [3.63, 3.8) is 0 Å². The van der Waals surface area contributed by atoms with E-state index in [1.165, 1.54) is 0 Å². The molecular formula is C12H13ClN2O2. The second kappa shape index (κ2) is 5.29. The molecular weight excluding hydrogens is 240 g/mol. The quantitative estimate of drug-likeness (QED) is 0.816. The third-order valence-corrected chi connectivity index (χ3v) is 2.79. The summed E-state index contributed by atoms with van der Waals surface area (Å²) in [6, 6.07) is 7.30. The second-order valence-electron chi connectivity index (χ2n) is 3.68. The molecule has 0 aliphatic carbocycles. The number of carbonyl (C=O) groups excluding carboxylic acids is 1. The van der Waals surface area contributed by atoms with E-state index in [-0.39, 0.29) is 12.5 Å². The van der Waals surface area contributed by atoms with Crippen molar-refractivity contribution in [1.82, 2.24) is 4.90 Å². The average molecular weight is 253 g/mol. The number of ether oxygens (including phenoxy) is 1. The first-order valence-corrected chi connectivity index (χ1v) is 5.70. The van der Waals surface area contributed by atoms with Crippen molar-refractivity contribution in [2.24, 2.45) is 4.99 Å². The molecule has 0 bridgehead atoms. The average Bonchev–Trinajstić information content (AvgIpc) is 2.69. The van der Waals surface area contributed by atoms with E-state index in [0.717, 1.165) is 5.56 Å². The van der Waals surface area contributed by atoms with Crippen LogP contribution in [-0.2, 0) is 9.53 Å². The summed E-state index contributed by atoms with van der Waals surface area (Å²) in [5.41, 5.74) is 0.899. The standard InChI is InChI=1S/C12H13ClN2O2/c1-17-7-6-15-11(16)8-14-12(15)9-2-4-10(13)5-3-9/h2-5H,6-8H2,1H3. The van der Waals surface area contributed by atoms with E-state index in [2.05, 4.69) is 4.99 Å². The molecule has 90 valence electrons. The number of benzene rings is 1. The van der Waals surface area contributed by atoms with E-state index < -0.39 is 0 Å². The maximum Gasteiger partial charge on any atom is 0.249 e. The lowest BCUT2D eigenvalue weighted by Crippen LogP contribution is -2.35. The Kier molecular flexibility index (Phi) is 3.76. The maximum atomic E-state index is 11.7. The minimum atomic E-state index is 0.00648. The van der Waals surface area contributed by atoms with Crippen LogP contribution in [0.15, 0.2) is 29.3 Å². The fraction of sp³-hybridized carbons (Fsp3) is 0.333. The van der Waals surface area contributed by atoms with Gasteiger partial charge in [-0.1, -0.05) is 11.6 Å². The summed E-state index contributed by atoms with van der Waals surface area (Å²) in [6.07, 6.45) is 0. The summed E-state index contributed by atoms with van der Waals surface area (Å²) in [5.74, 6) is 0.704. The summed E-state index contributed by atoms with van der Waals surface area (Å²) in [5, 5.41) is 0.669. The number of amidine groups is 1. The monoisotopic (exact) mass is 252 g/mol. The van der Waals surface area contributed by atoms with Crippen LogP contribution in [0.5, 0.6) is 0 Å². The lowest BCUT2D eigenvalue weighted by Gasteiger charge is -2.18. The first-order chi connectivity index (χ1) is 8.22. The first kappa shape index (κ1) is 12.1. The zero-order valence-corrected chi connectivity index (χ0v) is 10.3. The van der Waals surface area contributed by atoms with Gasteiger partial charge in [0.05, 0.1) is 13.2 Å². The van der Waals surface area contributed by atoms with Crippen molar-refractivity contribution < 1.29 is 9.53 Å². The van der Waals surface area contributed by atoms with Gasteiger partial charge in [-0.25, -0.2) is 0 Å². The number of carbonyl (C=O) groups is 1. The summed E-state index contributed by atoms with van der Waals surface area (Å²) in [4.78, 5) is 17.6.